The number of imide groups is 1. The van der Waals surface area contributed by atoms with Gasteiger partial charge in [0.25, 0.3) is 0 Å². The van der Waals surface area contributed by atoms with Crippen LogP contribution in [0.2, 0.25) is 0 Å². The maximum atomic E-state index is 12.0. The van der Waals surface area contributed by atoms with Crippen LogP contribution in [0.3, 0.4) is 0 Å². The van der Waals surface area contributed by atoms with Crippen LogP contribution in [0.15, 0.2) is 28.2 Å². The van der Waals surface area contributed by atoms with Crippen molar-refractivity contribution in [1.29, 1.82) is 0 Å². The molecule has 8 nitrogen and oxygen atoms in total. The molecule has 9 heteroatoms. The van der Waals surface area contributed by atoms with Gasteiger partial charge < -0.3 is 4.98 Å². The van der Waals surface area contributed by atoms with Crippen LogP contribution in [0.25, 0.3) is 0 Å². The van der Waals surface area contributed by atoms with Crippen molar-refractivity contribution >= 4 is 21.8 Å². The molecule has 0 radical (unpaired) electrons. The molecule has 1 aromatic rings. The Morgan fingerprint density at radius 1 is 1.37 bits per heavy atom. The number of nitrogens with one attached hydrogen (secondary N) is 2. The summed E-state index contributed by atoms with van der Waals surface area (Å²) in [5.74, 6) is -1.11. The Bertz CT molecular complexity index is 693. The van der Waals surface area contributed by atoms with Crippen molar-refractivity contribution in [3.8, 4) is 0 Å². The molecule has 1 saturated heterocycles. The first-order valence-corrected chi connectivity index (χ1v) is 6.81. The van der Waals surface area contributed by atoms with Gasteiger partial charge in [-0.2, -0.15) is 4.72 Å². The molecule has 0 aliphatic carbocycles. The highest BCUT2D eigenvalue weighted by Gasteiger charge is 2.39. The number of sulfonamides is 1. The molecule has 1 aliphatic heterocycles. The summed E-state index contributed by atoms with van der Waals surface area (Å²) in [6.07, 6.45) is 2.06. The van der Waals surface area contributed by atoms with E-state index in [4.69, 9.17) is 0 Å². The number of hydrogen-bond acceptors (Lipinski definition) is 5. The van der Waals surface area contributed by atoms with Crippen molar-refractivity contribution < 1.29 is 18.0 Å². The average Bonchev–Trinajstić information content (AvgIpc) is 2.57. The standard InChI is InChI=1S/C10H11N3O5S/c1-13-9(15)4-6(10(13)16)12-19(17,18)8-5-11-3-2-7(8)14/h2-3,5-6,12H,4H2,1H3,(H,11,14). The fourth-order valence-corrected chi connectivity index (χ4v) is 2.95. The van der Waals surface area contributed by atoms with Gasteiger partial charge in [-0.05, 0) is 0 Å². The number of likely N-dealkylation sites (tertiary alicyclic amines) is 1. The number of rotatable bonds is 3. The molecular weight excluding hydrogens is 274 g/mol. The number of aromatic nitrogens is 1. The van der Waals surface area contributed by atoms with Gasteiger partial charge in [0.1, 0.15) is 10.9 Å². The number of aromatic amines is 1. The zero-order chi connectivity index (χ0) is 14.2. The molecule has 2 heterocycles. The second kappa shape index (κ2) is 4.59. The highest BCUT2D eigenvalue weighted by molar-refractivity contribution is 7.89. The predicted molar refractivity (Wildman–Crippen MR) is 63.6 cm³/mol. The van der Waals surface area contributed by atoms with Crippen LogP contribution in [0.4, 0.5) is 0 Å². The van der Waals surface area contributed by atoms with Crippen LogP contribution in [-0.4, -0.2) is 43.2 Å². The summed E-state index contributed by atoms with van der Waals surface area (Å²) < 4.78 is 26.0. The minimum absolute atomic E-state index is 0.251. The van der Waals surface area contributed by atoms with E-state index in [0.29, 0.717) is 0 Å². The van der Waals surface area contributed by atoms with E-state index in [1.807, 2.05) is 0 Å². The number of H-pyrrole nitrogens is 1. The third-order valence-corrected chi connectivity index (χ3v) is 4.25. The first-order chi connectivity index (χ1) is 8.83. The lowest BCUT2D eigenvalue weighted by Gasteiger charge is -2.11. The molecule has 1 unspecified atom stereocenters. The van der Waals surface area contributed by atoms with Gasteiger partial charge in [-0.15, -0.1) is 0 Å². The minimum Gasteiger partial charge on any atom is -0.366 e. The van der Waals surface area contributed by atoms with Crippen molar-refractivity contribution in [2.24, 2.45) is 0 Å². The lowest BCUT2D eigenvalue weighted by atomic mass is 10.3. The van der Waals surface area contributed by atoms with Crippen LogP contribution in [-0.2, 0) is 19.6 Å². The highest BCUT2D eigenvalue weighted by Crippen LogP contribution is 2.13. The van der Waals surface area contributed by atoms with Crippen molar-refractivity contribution in [3.05, 3.63) is 28.7 Å². The third-order valence-electron chi connectivity index (χ3n) is 2.76. The largest absolute Gasteiger partial charge is 0.366 e. The van der Waals surface area contributed by atoms with Crippen molar-refractivity contribution in [1.82, 2.24) is 14.6 Å². The number of carbonyl (C=O) groups excluding carboxylic acids is 2. The van der Waals surface area contributed by atoms with Gasteiger partial charge in [0, 0.05) is 25.5 Å². The number of carbonyl (C=O) groups is 2. The van der Waals surface area contributed by atoms with E-state index in [9.17, 15) is 22.8 Å². The molecule has 1 fully saturated rings. The van der Waals surface area contributed by atoms with Gasteiger partial charge in [-0.25, -0.2) is 8.42 Å². The maximum absolute atomic E-state index is 12.0. The van der Waals surface area contributed by atoms with Crippen LogP contribution < -0.4 is 10.2 Å². The zero-order valence-corrected chi connectivity index (χ0v) is 10.7. The molecule has 102 valence electrons. The Balaban J connectivity index is 2.29. The summed E-state index contributed by atoms with van der Waals surface area (Å²) in [6, 6.07) is -0.107. The fraction of sp³-hybridized carbons (Fsp3) is 0.300. The quantitative estimate of drug-likeness (QED) is 0.649. The van der Waals surface area contributed by atoms with Gasteiger partial charge in [-0.3, -0.25) is 19.3 Å². The summed E-state index contributed by atoms with van der Waals surface area (Å²) in [5, 5.41) is 0. The fourth-order valence-electron chi connectivity index (χ4n) is 1.71. The SMILES string of the molecule is CN1C(=O)CC(NS(=O)(=O)c2c[nH]ccc2=O)C1=O. The number of likely N-dealkylation sites (N-methyl/N-ethyl adjacent to an activating group) is 1. The maximum Gasteiger partial charge on any atom is 0.247 e. The van der Waals surface area contributed by atoms with Crippen LogP contribution >= 0.6 is 0 Å². The summed E-state index contributed by atoms with van der Waals surface area (Å²) in [6.45, 7) is 0. The molecular formula is C10H11N3O5S. The Morgan fingerprint density at radius 2 is 2.05 bits per heavy atom. The molecule has 1 aromatic heterocycles. The highest BCUT2D eigenvalue weighted by atomic mass is 32.2. The summed E-state index contributed by atoms with van der Waals surface area (Å²) in [5.41, 5.74) is -0.698. The molecule has 0 aromatic carbocycles. The normalized spacial score (nSPS) is 20.1. The van der Waals surface area contributed by atoms with Gasteiger partial charge >= 0.3 is 0 Å². The van der Waals surface area contributed by atoms with Gasteiger partial charge in [0.15, 0.2) is 0 Å². The van der Waals surface area contributed by atoms with E-state index in [1.54, 1.807) is 0 Å². The van der Waals surface area contributed by atoms with E-state index in [1.165, 1.54) is 13.2 Å². The van der Waals surface area contributed by atoms with Crippen molar-refractivity contribution in [2.45, 2.75) is 17.4 Å². The summed E-state index contributed by atoms with van der Waals surface area (Å²) >= 11 is 0. The topological polar surface area (TPSA) is 116 Å². The average molecular weight is 285 g/mol. The minimum atomic E-state index is -4.15. The summed E-state index contributed by atoms with van der Waals surface area (Å²) in [4.78, 5) is 37.2. The molecule has 2 rings (SSSR count). The number of amides is 2. The first kappa shape index (κ1) is 13.4. The van der Waals surface area contributed by atoms with Crippen molar-refractivity contribution in [3.63, 3.8) is 0 Å². The van der Waals surface area contributed by atoms with Crippen LogP contribution in [0, 0.1) is 0 Å². The number of hydrogen-bond donors (Lipinski definition) is 2. The lowest BCUT2D eigenvalue weighted by molar-refractivity contribution is -0.137. The molecule has 19 heavy (non-hydrogen) atoms. The Hall–Kier alpha value is -2.00. The third kappa shape index (κ3) is 2.42. The van der Waals surface area contributed by atoms with Crippen LogP contribution in [0.1, 0.15) is 6.42 Å². The predicted octanol–water partition coefficient (Wildman–Crippen LogP) is -1.59. The number of pyridine rings is 1. The summed E-state index contributed by atoms with van der Waals surface area (Å²) in [7, 11) is -2.88. The van der Waals surface area contributed by atoms with Gasteiger partial charge in [0.2, 0.25) is 27.3 Å². The molecule has 0 bridgehead atoms. The first-order valence-electron chi connectivity index (χ1n) is 5.33. The number of nitrogens with zero attached hydrogens (tertiary/aromatic N) is 1. The second-order valence-electron chi connectivity index (χ2n) is 4.04. The lowest BCUT2D eigenvalue weighted by Crippen LogP contribution is -2.41. The van der Waals surface area contributed by atoms with E-state index >= 15 is 0 Å². The zero-order valence-electron chi connectivity index (χ0n) is 9.91. The van der Waals surface area contributed by atoms with Gasteiger partial charge in [0.05, 0.1) is 6.42 Å². The molecule has 2 N–H and O–H groups in total. The van der Waals surface area contributed by atoms with E-state index in [0.717, 1.165) is 17.2 Å². The molecule has 1 aliphatic rings. The van der Waals surface area contributed by atoms with Crippen LogP contribution in [0.5, 0.6) is 0 Å². The van der Waals surface area contributed by atoms with Crippen molar-refractivity contribution in [2.75, 3.05) is 7.05 Å². The monoisotopic (exact) mass is 285 g/mol. The smallest absolute Gasteiger partial charge is 0.247 e. The van der Waals surface area contributed by atoms with Gasteiger partial charge in [-0.1, -0.05) is 0 Å². The molecule has 0 saturated carbocycles. The molecule has 1 atom stereocenters. The Morgan fingerprint density at radius 3 is 2.58 bits per heavy atom. The Kier molecular flexibility index (Phi) is 3.25. The molecule has 0 spiro atoms. The second-order valence-corrected chi connectivity index (χ2v) is 5.72. The van der Waals surface area contributed by atoms with E-state index in [-0.39, 0.29) is 6.42 Å². The van der Waals surface area contributed by atoms with E-state index in [2.05, 4.69) is 9.71 Å². The Labute approximate surface area is 108 Å². The van der Waals surface area contributed by atoms with E-state index < -0.39 is 38.2 Å². The molecule has 2 amide bonds.